The molecule has 3 rings (SSSR count). The van der Waals surface area contributed by atoms with Gasteiger partial charge in [-0.05, 0) is 57.6 Å². The molecule has 0 heterocycles. The van der Waals surface area contributed by atoms with Crippen LogP contribution in [0.1, 0.15) is 43.1 Å². The van der Waals surface area contributed by atoms with Crippen molar-refractivity contribution in [2.45, 2.75) is 39.8 Å². The van der Waals surface area contributed by atoms with Gasteiger partial charge >= 0.3 is 11.9 Å². The van der Waals surface area contributed by atoms with Crippen molar-refractivity contribution < 1.29 is 24.6 Å². The topological polar surface area (TPSA) is 94.9 Å². The lowest BCUT2D eigenvalue weighted by Gasteiger charge is -2.31. The Morgan fingerprint density at radius 1 is 0.844 bits per heavy atom. The highest BCUT2D eigenvalue weighted by Crippen LogP contribution is 2.27. The van der Waals surface area contributed by atoms with E-state index in [0.717, 1.165) is 27.5 Å². The summed E-state index contributed by atoms with van der Waals surface area (Å²) in [5, 5.41) is 20.7. The minimum Gasteiger partial charge on any atom is -0.480 e. The van der Waals surface area contributed by atoms with Crippen LogP contribution in [0.15, 0.2) is 60.7 Å². The van der Waals surface area contributed by atoms with Crippen LogP contribution in [0.3, 0.4) is 0 Å². The van der Waals surface area contributed by atoms with E-state index in [-0.39, 0.29) is 30.4 Å². The van der Waals surface area contributed by atoms with Gasteiger partial charge in [-0.3, -0.25) is 4.79 Å². The molecule has 1 amide bonds. The van der Waals surface area contributed by atoms with E-state index in [2.05, 4.69) is 0 Å². The van der Waals surface area contributed by atoms with Gasteiger partial charge in [-0.2, -0.15) is 0 Å². The van der Waals surface area contributed by atoms with Crippen molar-refractivity contribution in [2.75, 3.05) is 0 Å². The maximum Gasteiger partial charge on any atom is 0.335 e. The molecule has 3 aromatic rings. The van der Waals surface area contributed by atoms with Crippen molar-refractivity contribution in [1.82, 2.24) is 4.90 Å². The zero-order valence-corrected chi connectivity index (χ0v) is 18.4. The maximum absolute atomic E-state index is 12.5. The Balaban J connectivity index is 1.90. The molecular formula is C26H27NO5. The Kier molecular flexibility index (Phi) is 6.93. The molecule has 32 heavy (non-hydrogen) atoms. The van der Waals surface area contributed by atoms with Gasteiger partial charge in [0.15, 0.2) is 0 Å². The lowest BCUT2D eigenvalue weighted by Crippen LogP contribution is -2.47. The highest BCUT2D eigenvalue weighted by Gasteiger charge is 2.31. The van der Waals surface area contributed by atoms with E-state index in [1.165, 1.54) is 4.90 Å². The van der Waals surface area contributed by atoms with E-state index in [9.17, 15) is 19.5 Å². The number of hydrogen-bond donors (Lipinski definition) is 2. The Labute approximate surface area is 187 Å². The molecule has 166 valence electrons. The van der Waals surface area contributed by atoms with Gasteiger partial charge in [-0.15, -0.1) is 0 Å². The molecule has 0 fully saturated rings. The van der Waals surface area contributed by atoms with E-state index >= 15 is 0 Å². The van der Waals surface area contributed by atoms with E-state index < -0.39 is 18.0 Å². The molecule has 6 heteroatoms. The van der Waals surface area contributed by atoms with Gasteiger partial charge < -0.3 is 15.1 Å². The van der Waals surface area contributed by atoms with E-state index in [0.29, 0.717) is 0 Å². The van der Waals surface area contributed by atoms with Crippen LogP contribution in [0.2, 0.25) is 0 Å². The minimum absolute atomic E-state index is 0.189. The first-order chi connectivity index (χ1) is 15.2. The number of benzene rings is 3. The van der Waals surface area contributed by atoms with E-state index in [1.54, 1.807) is 45.0 Å². The van der Waals surface area contributed by atoms with Crippen LogP contribution in [-0.2, 0) is 16.1 Å². The molecule has 0 aliphatic rings. The molecular weight excluding hydrogens is 406 g/mol. The third-order valence-electron chi connectivity index (χ3n) is 5.57. The van der Waals surface area contributed by atoms with E-state index in [4.69, 9.17) is 5.11 Å². The summed E-state index contributed by atoms with van der Waals surface area (Å²) in [6.07, 6.45) is 0.244. The zero-order valence-electron chi connectivity index (χ0n) is 18.4. The largest absolute Gasteiger partial charge is 0.480 e. The second-order valence-electron chi connectivity index (χ2n) is 8.18. The van der Waals surface area contributed by atoms with Crippen molar-refractivity contribution in [2.24, 2.45) is 5.92 Å². The smallest absolute Gasteiger partial charge is 0.335 e. The Morgan fingerprint density at radius 3 is 2.00 bits per heavy atom. The minimum atomic E-state index is -0.999. The average Bonchev–Trinajstić information content (AvgIpc) is 2.77. The zero-order chi connectivity index (χ0) is 23.4. The summed E-state index contributed by atoms with van der Waals surface area (Å²) in [5.74, 6) is -2.35. The molecule has 0 aliphatic carbocycles. The summed E-state index contributed by atoms with van der Waals surface area (Å²) in [6.45, 7) is 5.58. The van der Waals surface area contributed by atoms with Crippen molar-refractivity contribution in [3.05, 3.63) is 71.8 Å². The normalized spacial score (nSPS) is 12.0. The van der Waals surface area contributed by atoms with Gasteiger partial charge in [0.25, 0.3) is 0 Å². The number of aromatic carboxylic acids is 1. The van der Waals surface area contributed by atoms with Gasteiger partial charge in [-0.1, -0.05) is 57.2 Å². The number of amides is 1. The number of carboxylic acids is 2. The summed E-state index contributed by atoms with van der Waals surface area (Å²) >= 11 is 0. The van der Waals surface area contributed by atoms with Crippen LogP contribution in [0, 0.1) is 5.92 Å². The molecule has 0 aromatic heterocycles. The first kappa shape index (κ1) is 23.0. The summed E-state index contributed by atoms with van der Waals surface area (Å²) in [4.78, 5) is 36.8. The average molecular weight is 434 g/mol. The maximum atomic E-state index is 12.5. The molecule has 0 saturated heterocycles. The molecule has 1 atom stereocenters. The van der Waals surface area contributed by atoms with Crippen molar-refractivity contribution in [3.63, 3.8) is 0 Å². The fourth-order valence-electron chi connectivity index (χ4n) is 3.90. The van der Waals surface area contributed by atoms with Gasteiger partial charge in [0.05, 0.1) is 5.56 Å². The fraction of sp³-hybridized carbons (Fsp3) is 0.269. The second-order valence-corrected chi connectivity index (χ2v) is 8.18. The van der Waals surface area contributed by atoms with Crippen LogP contribution in [0.4, 0.5) is 0 Å². The monoisotopic (exact) mass is 433 g/mol. The number of aliphatic carboxylic acids is 1. The summed E-state index contributed by atoms with van der Waals surface area (Å²) in [7, 11) is 0. The number of carbonyl (C=O) groups excluding carboxylic acids is 1. The molecule has 0 radical (unpaired) electrons. The quantitative estimate of drug-likeness (QED) is 0.518. The standard InChI is InChI=1S/C26H27NO5/c1-4-23(28)27(24(16(2)3)26(31)32)15-17-5-6-22-14-21(12-11-20(22)13-17)18-7-9-19(10-8-18)25(29)30/h5-14,16,24H,4,15H2,1-3H3,(H,29,30)(H,31,32). The van der Waals surface area contributed by atoms with Crippen LogP contribution in [0.5, 0.6) is 0 Å². The number of carbonyl (C=O) groups is 3. The Bertz CT molecular complexity index is 1150. The summed E-state index contributed by atoms with van der Waals surface area (Å²) < 4.78 is 0. The van der Waals surface area contributed by atoms with Crippen LogP contribution < -0.4 is 0 Å². The Morgan fingerprint density at radius 2 is 1.44 bits per heavy atom. The third-order valence-corrected chi connectivity index (χ3v) is 5.57. The number of rotatable bonds is 8. The SMILES string of the molecule is CCC(=O)N(Cc1ccc2cc(-c3ccc(C(=O)O)cc3)ccc2c1)C(C(=O)O)C(C)C. The number of carboxylic acid groups (broad SMARTS) is 2. The molecule has 1 unspecified atom stereocenters. The third kappa shape index (κ3) is 4.97. The molecule has 2 N–H and O–H groups in total. The van der Waals surface area contributed by atoms with Gasteiger partial charge in [0.2, 0.25) is 5.91 Å². The molecule has 3 aromatic carbocycles. The van der Waals surface area contributed by atoms with Crippen molar-refractivity contribution in [1.29, 1.82) is 0 Å². The molecule has 0 bridgehead atoms. The van der Waals surface area contributed by atoms with Crippen LogP contribution in [0.25, 0.3) is 21.9 Å². The predicted octanol–water partition coefficient (Wildman–Crippen LogP) is 5.05. The first-order valence-electron chi connectivity index (χ1n) is 10.6. The fourth-order valence-corrected chi connectivity index (χ4v) is 3.90. The van der Waals surface area contributed by atoms with E-state index in [1.807, 2.05) is 36.4 Å². The van der Waals surface area contributed by atoms with Crippen LogP contribution in [-0.4, -0.2) is 39.0 Å². The number of hydrogen-bond acceptors (Lipinski definition) is 3. The van der Waals surface area contributed by atoms with Crippen molar-refractivity contribution in [3.8, 4) is 11.1 Å². The van der Waals surface area contributed by atoms with Gasteiger partial charge in [-0.25, -0.2) is 9.59 Å². The molecule has 0 spiro atoms. The summed E-state index contributed by atoms with van der Waals surface area (Å²) in [6, 6.07) is 17.7. The Hall–Kier alpha value is -3.67. The highest BCUT2D eigenvalue weighted by molar-refractivity contribution is 5.90. The number of fused-ring (bicyclic) bond motifs is 1. The van der Waals surface area contributed by atoms with Gasteiger partial charge in [0.1, 0.15) is 6.04 Å². The van der Waals surface area contributed by atoms with Crippen LogP contribution >= 0.6 is 0 Å². The molecule has 0 aliphatic heterocycles. The lowest BCUT2D eigenvalue weighted by molar-refractivity contribution is -0.152. The van der Waals surface area contributed by atoms with Crippen molar-refractivity contribution >= 4 is 28.6 Å². The van der Waals surface area contributed by atoms with Gasteiger partial charge in [0, 0.05) is 13.0 Å². The first-order valence-corrected chi connectivity index (χ1v) is 10.6. The second kappa shape index (κ2) is 9.64. The predicted molar refractivity (Wildman–Crippen MR) is 123 cm³/mol. The molecule has 0 saturated carbocycles. The number of nitrogens with zero attached hydrogens (tertiary/aromatic N) is 1. The molecule has 6 nitrogen and oxygen atoms in total. The lowest BCUT2D eigenvalue weighted by atomic mass is 9.98. The highest BCUT2D eigenvalue weighted by atomic mass is 16.4. The summed E-state index contributed by atoms with van der Waals surface area (Å²) in [5.41, 5.74) is 2.99.